The summed E-state index contributed by atoms with van der Waals surface area (Å²) in [5.41, 5.74) is 0. The molecule has 19 heavy (non-hydrogen) atoms. The van der Waals surface area contributed by atoms with Crippen molar-refractivity contribution in [2.24, 2.45) is 0 Å². The van der Waals surface area contributed by atoms with Gasteiger partial charge in [0.25, 0.3) is 0 Å². The molecule has 0 heterocycles. The first-order valence-electron chi connectivity index (χ1n) is 7.23. The number of unbranched alkanes of at least 4 members (excludes halogenated alkanes) is 5. The Kier molecular flexibility index (Phi) is 10.7. The van der Waals surface area contributed by atoms with E-state index >= 15 is 0 Å². The van der Waals surface area contributed by atoms with Crippen molar-refractivity contribution in [2.45, 2.75) is 63.7 Å². The molecule has 0 aromatic heterocycles. The average molecular weight is 327 g/mol. The maximum atomic E-state index is 6.30. The SMILES string of the molecule is CO[Si](CCCCCCCC[Si](C)(C)Cl)(OC)OC. The van der Waals surface area contributed by atoms with Crippen molar-refractivity contribution in [3.8, 4) is 0 Å². The van der Waals surface area contributed by atoms with E-state index in [4.69, 9.17) is 24.4 Å². The van der Waals surface area contributed by atoms with E-state index in [1.807, 2.05) is 0 Å². The lowest BCUT2D eigenvalue weighted by molar-refractivity contribution is 0.122. The second-order valence-corrected chi connectivity index (χ2v) is 15.7. The first-order chi connectivity index (χ1) is 8.89. The van der Waals surface area contributed by atoms with E-state index in [9.17, 15) is 0 Å². The van der Waals surface area contributed by atoms with Gasteiger partial charge in [-0.3, -0.25) is 0 Å². The zero-order valence-corrected chi connectivity index (χ0v) is 16.0. The van der Waals surface area contributed by atoms with Gasteiger partial charge in [-0.25, -0.2) is 0 Å². The summed E-state index contributed by atoms with van der Waals surface area (Å²) in [5.74, 6) is 0. The maximum Gasteiger partial charge on any atom is 0.500 e. The highest BCUT2D eigenvalue weighted by Crippen LogP contribution is 2.20. The second-order valence-electron chi connectivity index (χ2n) is 5.64. The highest BCUT2D eigenvalue weighted by molar-refractivity contribution is 7.19. The second kappa shape index (κ2) is 10.3. The maximum absolute atomic E-state index is 6.30. The Morgan fingerprint density at radius 3 is 1.42 bits per heavy atom. The monoisotopic (exact) mass is 326 g/mol. The summed E-state index contributed by atoms with van der Waals surface area (Å²) < 4.78 is 16.2. The third-order valence-corrected chi connectivity index (χ3v) is 8.38. The molecule has 0 unspecified atom stereocenters. The predicted molar refractivity (Wildman–Crippen MR) is 87.4 cm³/mol. The van der Waals surface area contributed by atoms with Crippen LogP contribution >= 0.6 is 11.1 Å². The van der Waals surface area contributed by atoms with Crippen molar-refractivity contribution in [2.75, 3.05) is 21.3 Å². The van der Waals surface area contributed by atoms with Gasteiger partial charge in [0.2, 0.25) is 0 Å². The first kappa shape index (κ1) is 19.6. The van der Waals surface area contributed by atoms with Crippen molar-refractivity contribution < 1.29 is 13.3 Å². The van der Waals surface area contributed by atoms with E-state index in [1.165, 1.54) is 38.1 Å². The zero-order valence-electron chi connectivity index (χ0n) is 13.3. The molecule has 0 radical (unpaired) electrons. The fourth-order valence-electron chi connectivity index (χ4n) is 2.15. The molecular weight excluding hydrogens is 296 g/mol. The highest BCUT2D eigenvalue weighted by atomic mass is 35.6. The lowest BCUT2D eigenvalue weighted by Crippen LogP contribution is -2.42. The Bertz CT molecular complexity index is 210. The fourth-order valence-corrected chi connectivity index (χ4v) is 5.44. The molecule has 0 aliphatic rings. The van der Waals surface area contributed by atoms with Crippen LogP contribution in [0.15, 0.2) is 0 Å². The van der Waals surface area contributed by atoms with Crippen LogP contribution in [0.5, 0.6) is 0 Å². The van der Waals surface area contributed by atoms with E-state index in [0.29, 0.717) is 0 Å². The van der Waals surface area contributed by atoms with Gasteiger partial charge in [-0.05, 0) is 12.5 Å². The lowest BCUT2D eigenvalue weighted by Gasteiger charge is -2.24. The molecule has 0 N–H and O–H groups in total. The van der Waals surface area contributed by atoms with Crippen LogP contribution in [0, 0.1) is 0 Å². The van der Waals surface area contributed by atoms with Gasteiger partial charge in [0.05, 0.1) is 0 Å². The normalized spacial score (nSPS) is 12.9. The molecule has 6 heteroatoms. The molecule has 0 atom stereocenters. The van der Waals surface area contributed by atoms with Crippen LogP contribution in [-0.4, -0.2) is 37.5 Å². The molecule has 0 saturated heterocycles. The Morgan fingerprint density at radius 2 is 1.05 bits per heavy atom. The molecule has 0 aliphatic heterocycles. The molecule has 0 spiro atoms. The summed E-state index contributed by atoms with van der Waals surface area (Å²) >= 11 is 6.30. The molecule has 0 fully saturated rings. The number of rotatable bonds is 12. The van der Waals surface area contributed by atoms with Crippen LogP contribution in [0.2, 0.25) is 25.2 Å². The van der Waals surface area contributed by atoms with Crippen LogP contribution < -0.4 is 0 Å². The predicted octanol–water partition coefficient (Wildman–Crippen LogP) is 4.65. The lowest BCUT2D eigenvalue weighted by atomic mass is 10.1. The smallest absolute Gasteiger partial charge is 0.377 e. The summed E-state index contributed by atoms with van der Waals surface area (Å²) in [6.07, 6.45) is 7.54. The van der Waals surface area contributed by atoms with Crippen LogP contribution in [-0.2, 0) is 13.3 Å². The summed E-state index contributed by atoms with van der Waals surface area (Å²) in [5, 5.41) is 0. The summed E-state index contributed by atoms with van der Waals surface area (Å²) in [4.78, 5) is 0. The highest BCUT2D eigenvalue weighted by Gasteiger charge is 2.36. The summed E-state index contributed by atoms with van der Waals surface area (Å²) in [6, 6.07) is 2.15. The topological polar surface area (TPSA) is 27.7 Å². The molecule has 0 saturated carbocycles. The van der Waals surface area contributed by atoms with E-state index in [2.05, 4.69) is 13.1 Å². The molecule has 0 aliphatic carbocycles. The standard InChI is InChI=1S/C13H31ClO3Si2/c1-15-19(16-2,17-3)13-11-9-7-6-8-10-12-18(4,5)14/h6-13H2,1-5H3. The molecule has 0 rings (SSSR count). The van der Waals surface area contributed by atoms with Crippen LogP contribution in [0.1, 0.15) is 38.5 Å². The van der Waals surface area contributed by atoms with Gasteiger partial charge in [-0.15, -0.1) is 0 Å². The number of hydrogen-bond acceptors (Lipinski definition) is 3. The molecule has 0 amide bonds. The largest absolute Gasteiger partial charge is 0.500 e. The van der Waals surface area contributed by atoms with Crippen molar-refractivity contribution in [1.82, 2.24) is 0 Å². The minimum atomic E-state index is -2.33. The van der Waals surface area contributed by atoms with Crippen molar-refractivity contribution in [1.29, 1.82) is 0 Å². The van der Waals surface area contributed by atoms with Crippen LogP contribution in [0.4, 0.5) is 0 Å². The Hall–Kier alpha value is 0.604. The molecule has 0 aromatic rings. The van der Waals surface area contributed by atoms with Gasteiger partial charge in [0.15, 0.2) is 0 Å². The third kappa shape index (κ3) is 10.0. The summed E-state index contributed by atoms with van der Waals surface area (Å²) in [7, 11) is 1.36. The Labute approximate surface area is 126 Å². The van der Waals surface area contributed by atoms with Crippen molar-refractivity contribution >= 4 is 27.3 Å². The van der Waals surface area contributed by atoms with Gasteiger partial charge >= 0.3 is 8.80 Å². The minimum absolute atomic E-state index is 0.915. The molecule has 0 bridgehead atoms. The van der Waals surface area contributed by atoms with Gasteiger partial charge in [0.1, 0.15) is 7.38 Å². The van der Waals surface area contributed by atoms with E-state index in [-0.39, 0.29) is 0 Å². The van der Waals surface area contributed by atoms with Gasteiger partial charge in [-0.2, -0.15) is 11.1 Å². The van der Waals surface area contributed by atoms with E-state index < -0.39 is 16.2 Å². The van der Waals surface area contributed by atoms with Gasteiger partial charge in [-0.1, -0.05) is 45.2 Å². The van der Waals surface area contributed by atoms with Crippen molar-refractivity contribution in [3.63, 3.8) is 0 Å². The van der Waals surface area contributed by atoms with Crippen LogP contribution in [0.3, 0.4) is 0 Å². The molecule has 0 aromatic carbocycles. The zero-order chi connectivity index (χ0) is 14.8. The average Bonchev–Trinajstić information content (AvgIpc) is 2.37. The van der Waals surface area contributed by atoms with Crippen LogP contribution in [0.25, 0.3) is 0 Å². The van der Waals surface area contributed by atoms with E-state index in [0.717, 1.165) is 12.5 Å². The first-order valence-corrected chi connectivity index (χ1v) is 13.4. The minimum Gasteiger partial charge on any atom is -0.377 e. The van der Waals surface area contributed by atoms with Gasteiger partial charge in [0, 0.05) is 27.4 Å². The van der Waals surface area contributed by atoms with Crippen molar-refractivity contribution in [3.05, 3.63) is 0 Å². The number of hydrogen-bond donors (Lipinski definition) is 0. The van der Waals surface area contributed by atoms with E-state index in [1.54, 1.807) is 21.3 Å². The molecular formula is C13H31ClO3Si2. The molecule has 3 nitrogen and oxygen atoms in total. The Balaban J connectivity index is 3.50. The van der Waals surface area contributed by atoms with Gasteiger partial charge < -0.3 is 13.3 Å². The third-order valence-electron chi connectivity index (χ3n) is 3.44. The summed E-state index contributed by atoms with van der Waals surface area (Å²) in [6.45, 7) is 4.44. The quantitative estimate of drug-likeness (QED) is 0.297. The number of halogens is 1. The fraction of sp³-hybridized carbons (Fsp3) is 1.00. The molecule has 116 valence electrons. The Morgan fingerprint density at radius 1 is 0.684 bits per heavy atom.